The van der Waals surface area contributed by atoms with Crippen molar-refractivity contribution in [1.82, 2.24) is 9.88 Å². The molecule has 2 heterocycles. The SMILES string of the molecule is O=C(c1cncc(Br)c1)N1CCS[C@@H](c2ccccc2Cl)CC1. The second-order valence-corrected chi connectivity index (χ2v) is 7.99. The van der Waals surface area contributed by atoms with E-state index < -0.39 is 0 Å². The molecule has 1 amide bonds. The van der Waals surface area contributed by atoms with E-state index in [0.717, 1.165) is 40.3 Å². The van der Waals surface area contributed by atoms with Gasteiger partial charge in [-0.1, -0.05) is 29.8 Å². The maximum absolute atomic E-state index is 12.6. The lowest BCUT2D eigenvalue weighted by Gasteiger charge is -2.20. The standard InChI is InChI=1S/C17H16BrClN2OS/c18-13-9-12(10-20-11-13)17(22)21-6-5-16(23-8-7-21)14-3-1-2-4-15(14)19/h1-4,9-11,16H,5-8H2/t16-/m1/s1. The number of carbonyl (C=O) groups excluding carboxylic acids is 1. The number of pyridine rings is 1. The molecule has 1 aromatic heterocycles. The van der Waals surface area contributed by atoms with Crippen molar-refractivity contribution in [2.75, 3.05) is 18.8 Å². The molecule has 1 fully saturated rings. The van der Waals surface area contributed by atoms with Crippen LogP contribution in [0.25, 0.3) is 0 Å². The highest BCUT2D eigenvalue weighted by Gasteiger charge is 2.24. The van der Waals surface area contributed by atoms with Crippen molar-refractivity contribution in [1.29, 1.82) is 0 Å². The van der Waals surface area contributed by atoms with Crippen LogP contribution < -0.4 is 0 Å². The molecule has 1 saturated heterocycles. The average Bonchev–Trinajstić information content (AvgIpc) is 2.80. The Morgan fingerprint density at radius 1 is 1.30 bits per heavy atom. The van der Waals surface area contributed by atoms with Crippen molar-refractivity contribution in [3.63, 3.8) is 0 Å². The quantitative estimate of drug-likeness (QED) is 0.710. The van der Waals surface area contributed by atoms with E-state index in [0.29, 0.717) is 10.8 Å². The van der Waals surface area contributed by atoms with Crippen LogP contribution in [0.4, 0.5) is 0 Å². The first-order valence-electron chi connectivity index (χ1n) is 7.41. The molecular formula is C17H16BrClN2OS. The Morgan fingerprint density at radius 3 is 2.91 bits per heavy atom. The van der Waals surface area contributed by atoms with Crippen molar-refractivity contribution in [3.05, 3.63) is 63.3 Å². The molecule has 3 rings (SSSR count). The first-order valence-corrected chi connectivity index (χ1v) is 9.63. The van der Waals surface area contributed by atoms with E-state index in [-0.39, 0.29) is 5.91 Å². The van der Waals surface area contributed by atoms with Crippen LogP contribution in [0.2, 0.25) is 5.02 Å². The van der Waals surface area contributed by atoms with E-state index in [2.05, 4.69) is 27.0 Å². The van der Waals surface area contributed by atoms with Gasteiger partial charge in [0.2, 0.25) is 0 Å². The molecule has 120 valence electrons. The molecule has 2 aromatic rings. The van der Waals surface area contributed by atoms with Gasteiger partial charge in [-0.25, -0.2) is 0 Å². The van der Waals surface area contributed by atoms with Gasteiger partial charge in [0.1, 0.15) is 0 Å². The minimum atomic E-state index is 0.0409. The van der Waals surface area contributed by atoms with E-state index in [1.807, 2.05) is 40.9 Å². The number of nitrogens with zero attached hydrogens (tertiary/aromatic N) is 2. The number of hydrogen-bond donors (Lipinski definition) is 0. The van der Waals surface area contributed by atoms with Gasteiger partial charge >= 0.3 is 0 Å². The summed E-state index contributed by atoms with van der Waals surface area (Å²) < 4.78 is 0.821. The summed E-state index contributed by atoms with van der Waals surface area (Å²) in [6.45, 7) is 1.48. The molecule has 3 nitrogen and oxygen atoms in total. The zero-order chi connectivity index (χ0) is 16.2. The molecule has 1 aliphatic heterocycles. The van der Waals surface area contributed by atoms with Crippen LogP contribution in [-0.4, -0.2) is 34.6 Å². The third-order valence-corrected chi connectivity index (χ3v) is 5.92. The fraction of sp³-hybridized carbons (Fsp3) is 0.294. The van der Waals surface area contributed by atoms with Gasteiger partial charge in [0, 0.05) is 46.0 Å². The summed E-state index contributed by atoms with van der Waals surface area (Å²) in [4.78, 5) is 18.6. The third kappa shape index (κ3) is 4.08. The van der Waals surface area contributed by atoms with Gasteiger partial charge in [-0.3, -0.25) is 9.78 Å². The van der Waals surface area contributed by atoms with Gasteiger partial charge in [-0.05, 0) is 40.0 Å². The summed E-state index contributed by atoms with van der Waals surface area (Å²) in [7, 11) is 0. The summed E-state index contributed by atoms with van der Waals surface area (Å²) in [5.74, 6) is 0.947. The Kier molecular flexibility index (Phi) is 5.62. The molecule has 6 heteroatoms. The molecule has 0 unspecified atom stereocenters. The minimum absolute atomic E-state index is 0.0409. The zero-order valence-electron chi connectivity index (χ0n) is 12.4. The lowest BCUT2D eigenvalue weighted by Crippen LogP contribution is -2.33. The van der Waals surface area contributed by atoms with Crippen LogP contribution in [0.3, 0.4) is 0 Å². The first-order chi connectivity index (χ1) is 11.1. The molecule has 1 atom stereocenters. The van der Waals surface area contributed by atoms with Crippen LogP contribution in [-0.2, 0) is 0 Å². The molecule has 1 aromatic carbocycles. The number of hydrogen-bond acceptors (Lipinski definition) is 3. The summed E-state index contributed by atoms with van der Waals surface area (Å²) in [6, 6.07) is 9.79. The maximum Gasteiger partial charge on any atom is 0.255 e. The number of rotatable bonds is 2. The molecule has 0 spiro atoms. The Hall–Kier alpha value is -1.04. The van der Waals surface area contributed by atoms with Crippen molar-refractivity contribution in [2.45, 2.75) is 11.7 Å². The maximum atomic E-state index is 12.6. The lowest BCUT2D eigenvalue weighted by atomic mass is 10.1. The predicted octanol–water partition coefficient (Wildman–Crippen LogP) is 4.82. The van der Waals surface area contributed by atoms with E-state index in [1.165, 1.54) is 0 Å². The molecule has 0 aliphatic carbocycles. The van der Waals surface area contributed by atoms with E-state index >= 15 is 0 Å². The zero-order valence-corrected chi connectivity index (χ0v) is 15.6. The fourth-order valence-corrected chi connectivity index (χ4v) is 4.63. The number of aromatic nitrogens is 1. The summed E-state index contributed by atoms with van der Waals surface area (Å²) >= 11 is 11.5. The Morgan fingerprint density at radius 2 is 2.13 bits per heavy atom. The molecule has 1 aliphatic rings. The van der Waals surface area contributed by atoms with E-state index in [1.54, 1.807) is 12.4 Å². The van der Waals surface area contributed by atoms with Gasteiger partial charge in [0.25, 0.3) is 5.91 Å². The fourth-order valence-electron chi connectivity index (χ4n) is 2.67. The largest absolute Gasteiger partial charge is 0.338 e. The Labute approximate surface area is 153 Å². The first kappa shape index (κ1) is 16.8. The van der Waals surface area contributed by atoms with Crippen molar-refractivity contribution in [3.8, 4) is 0 Å². The number of thioether (sulfide) groups is 1. The highest BCUT2D eigenvalue weighted by molar-refractivity contribution is 9.10. The Bertz CT molecular complexity index is 712. The highest BCUT2D eigenvalue weighted by atomic mass is 79.9. The van der Waals surface area contributed by atoms with Gasteiger partial charge < -0.3 is 4.90 Å². The van der Waals surface area contributed by atoms with Crippen molar-refractivity contribution in [2.24, 2.45) is 0 Å². The van der Waals surface area contributed by atoms with Gasteiger partial charge in [-0.2, -0.15) is 11.8 Å². The monoisotopic (exact) mass is 410 g/mol. The molecule has 0 bridgehead atoms. The van der Waals surface area contributed by atoms with Crippen LogP contribution in [0, 0.1) is 0 Å². The van der Waals surface area contributed by atoms with Gasteiger partial charge in [0.15, 0.2) is 0 Å². The van der Waals surface area contributed by atoms with Crippen LogP contribution in [0.1, 0.15) is 27.6 Å². The number of carbonyl (C=O) groups is 1. The summed E-state index contributed by atoms with van der Waals surface area (Å²) in [5.41, 5.74) is 1.79. The van der Waals surface area contributed by atoms with Crippen LogP contribution in [0.5, 0.6) is 0 Å². The van der Waals surface area contributed by atoms with E-state index in [9.17, 15) is 4.79 Å². The van der Waals surface area contributed by atoms with Crippen LogP contribution >= 0.6 is 39.3 Å². The highest BCUT2D eigenvalue weighted by Crippen LogP contribution is 2.37. The Balaban J connectivity index is 1.71. The molecular weight excluding hydrogens is 396 g/mol. The predicted molar refractivity (Wildman–Crippen MR) is 99.1 cm³/mol. The van der Waals surface area contributed by atoms with Gasteiger partial charge in [0.05, 0.1) is 5.56 Å². The van der Waals surface area contributed by atoms with Crippen LogP contribution in [0.15, 0.2) is 47.2 Å². The molecule has 0 radical (unpaired) electrons. The second-order valence-electron chi connectivity index (χ2n) is 5.35. The number of benzene rings is 1. The summed E-state index contributed by atoms with van der Waals surface area (Å²) in [6.07, 6.45) is 4.21. The topological polar surface area (TPSA) is 33.2 Å². The lowest BCUT2D eigenvalue weighted by molar-refractivity contribution is 0.0766. The van der Waals surface area contributed by atoms with Crippen molar-refractivity contribution >= 4 is 45.2 Å². The average molecular weight is 412 g/mol. The smallest absolute Gasteiger partial charge is 0.255 e. The van der Waals surface area contributed by atoms with Gasteiger partial charge in [-0.15, -0.1) is 0 Å². The molecule has 0 N–H and O–H groups in total. The number of amides is 1. The van der Waals surface area contributed by atoms with Crippen molar-refractivity contribution < 1.29 is 4.79 Å². The molecule has 0 saturated carbocycles. The third-order valence-electron chi connectivity index (χ3n) is 3.83. The van der Waals surface area contributed by atoms with E-state index in [4.69, 9.17) is 11.6 Å². The molecule has 23 heavy (non-hydrogen) atoms. The summed E-state index contributed by atoms with van der Waals surface area (Å²) in [5, 5.41) is 1.14. The second kappa shape index (κ2) is 7.69. The number of halogens is 2. The normalized spacial score (nSPS) is 18.5. The minimum Gasteiger partial charge on any atom is -0.338 e.